The summed E-state index contributed by atoms with van der Waals surface area (Å²) in [5.74, 6) is -0.283. The highest BCUT2D eigenvalue weighted by molar-refractivity contribution is 5.84. The number of pyridine rings is 1. The summed E-state index contributed by atoms with van der Waals surface area (Å²) < 4.78 is 13.2. The highest BCUT2D eigenvalue weighted by Crippen LogP contribution is 2.19. The van der Waals surface area contributed by atoms with Crippen LogP contribution in [0.1, 0.15) is 5.69 Å². The number of hydrogen-bond donors (Lipinski definition) is 1. The summed E-state index contributed by atoms with van der Waals surface area (Å²) in [4.78, 5) is 3.95. The van der Waals surface area contributed by atoms with Crippen LogP contribution in [0.5, 0.6) is 0 Å². The average molecular weight is 177 g/mol. The Morgan fingerprint density at radius 3 is 2.85 bits per heavy atom. The monoisotopic (exact) mass is 177 g/mol. The number of aromatic nitrogens is 1. The molecule has 1 aromatic heterocycles. The van der Waals surface area contributed by atoms with Crippen LogP contribution < -0.4 is 0 Å². The van der Waals surface area contributed by atoms with E-state index >= 15 is 0 Å². The number of aliphatic hydroxyl groups is 1. The van der Waals surface area contributed by atoms with Crippen molar-refractivity contribution in [3.63, 3.8) is 0 Å². The molecule has 3 heteroatoms. The molecule has 2 rings (SSSR count). The Morgan fingerprint density at radius 1 is 1.23 bits per heavy atom. The van der Waals surface area contributed by atoms with Crippen LogP contribution in [-0.2, 0) is 6.61 Å². The van der Waals surface area contributed by atoms with Crippen molar-refractivity contribution in [2.75, 3.05) is 0 Å². The third kappa shape index (κ3) is 1.27. The topological polar surface area (TPSA) is 33.1 Å². The van der Waals surface area contributed by atoms with Crippen molar-refractivity contribution in [2.24, 2.45) is 0 Å². The van der Waals surface area contributed by atoms with E-state index in [1.54, 1.807) is 18.2 Å². The maximum atomic E-state index is 13.2. The van der Waals surface area contributed by atoms with E-state index in [0.29, 0.717) is 16.5 Å². The van der Waals surface area contributed by atoms with E-state index < -0.39 is 0 Å². The number of rotatable bonds is 1. The van der Waals surface area contributed by atoms with E-state index in [1.807, 2.05) is 0 Å². The van der Waals surface area contributed by atoms with Crippen molar-refractivity contribution in [1.29, 1.82) is 0 Å². The van der Waals surface area contributed by atoms with Crippen molar-refractivity contribution < 1.29 is 9.50 Å². The molecule has 0 aliphatic heterocycles. The molecule has 0 radical (unpaired) electrons. The molecular weight excluding hydrogens is 169 g/mol. The van der Waals surface area contributed by atoms with Crippen LogP contribution in [-0.4, -0.2) is 10.1 Å². The molecule has 0 saturated heterocycles. The van der Waals surface area contributed by atoms with Crippen molar-refractivity contribution >= 4 is 10.8 Å². The lowest BCUT2D eigenvalue weighted by molar-refractivity contribution is 0.278. The Labute approximate surface area is 74.7 Å². The SMILES string of the molecule is OCc1nccc2c(F)cccc12. The van der Waals surface area contributed by atoms with Gasteiger partial charge in [-0.05, 0) is 12.1 Å². The zero-order chi connectivity index (χ0) is 9.26. The number of aliphatic hydroxyl groups excluding tert-OH is 1. The van der Waals surface area contributed by atoms with Gasteiger partial charge in [-0.25, -0.2) is 4.39 Å². The number of nitrogens with zero attached hydrogens (tertiary/aromatic N) is 1. The van der Waals surface area contributed by atoms with Gasteiger partial charge in [0, 0.05) is 17.0 Å². The van der Waals surface area contributed by atoms with E-state index in [1.165, 1.54) is 12.3 Å². The molecule has 0 unspecified atom stereocenters. The highest BCUT2D eigenvalue weighted by atomic mass is 19.1. The highest BCUT2D eigenvalue weighted by Gasteiger charge is 2.03. The average Bonchev–Trinajstić information content (AvgIpc) is 2.18. The van der Waals surface area contributed by atoms with E-state index in [4.69, 9.17) is 5.11 Å². The molecule has 0 spiro atoms. The van der Waals surface area contributed by atoms with E-state index in [9.17, 15) is 4.39 Å². The van der Waals surface area contributed by atoms with Crippen LogP contribution in [0.15, 0.2) is 30.5 Å². The van der Waals surface area contributed by atoms with Crippen molar-refractivity contribution in [1.82, 2.24) is 4.98 Å². The smallest absolute Gasteiger partial charge is 0.131 e. The van der Waals surface area contributed by atoms with Crippen molar-refractivity contribution in [3.8, 4) is 0 Å². The first-order valence-corrected chi connectivity index (χ1v) is 3.96. The van der Waals surface area contributed by atoms with Crippen LogP contribution in [0.4, 0.5) is 4.39 Å². The van der Waals surface area contributed by atoms with E-state index in [0.717, 1.165) is 0 Å². The summed E-state index contributed by atoms with van der Waals surface area (Å²) in [5.41, 5.74) is 0.511. The minimum absolute atomic E-state index is 0.166. The van der Waals surface area contributed by atoms with Gasteiger partial charge >= 0.3 is 0 Å². The molecule has 0 atom stereocenters. The second-order valence-corrected chi connectivity index (χ2v) is 2.75. The van der Waals surface area contributed by atoms with E-state index in [2.05, 4.69) is 4.98 Å². The first kappa shape index (κ1) is 8.13. The minimum Gasteiger partial charge on any atom is -0.390 e. The van der Waals surface area contributed by atoms with Crippen LogP contribution >= 0.6 is 0 Å². The predicted molar refractivity (Wildman–Crippen MR) is 47.6 cm³/mol. The molecule has 0 saturated carbocycles. The molecule has 2 aromatic rings. The van der Waals surface area contributed by atoms with Gasteiger partial charge in [-0.3, -0.25) is 4.98 Å². The second kappa shape index (κ2) is 3.11. The maximum absolute atomic E-state index is 13.2. The van der Waals surface area contributed by atoms with Gasteiger partial charge in [0.2, 0.25) is 0 Å². The fraction of sp³-hybridized carbons (Fsp3) is 0.100. The summed E-state index contributed by atoms with van der Waals surface area (Å²) >= 11 is 0. The summed E-state index contributed by atoms with van der Waals surface area (Å²) in [5, 5.41) is 10.1. The van der Waals surface area contributed by atoms with Gasteiger partial charge < -0.3 is 5.11 Å². The largest absolute Gasteiger partial charge is 0.390 e. The van der Waals surface area contributed by atoms with Crippen LogP contribution in [0.2, 0.25) is 0 Å². The fourth-order valence-electron chi connectivity index (χ4n) is 1.36. The van der Waals surface area contributed by atoms with Crippen LogP contribution in [0, 0.1) is 5.82 Å². The molecule has 0 aliphatic carbocycles. The molecule has 1 N–H and O–H groups in total. The first-order valence-electron chi connectivity index (χ1n) is 3.96. The minimum atomic E-state index is -0.283. The fourth-order valence-corrected chi connectivity index (χ4v) is 1.36. The first-order chi connectivity index (χ1) is 6.33. The summed E-state index contributed by atoms with van der Waals surface area (Å²) in [7, 11) is 0. The van der Waals surface area contributed by atoms with Crippen LogP contribution in [0.3, 0.4) is 0 Å². The standard InChI is InChI=1S/C10H8FNO/c11-9-3-1-2-8-7(9)4-5-12-10(8)6-13/h1-5,13H,6H2. The van der Waals surface area contributed by atoms with Gasteiger partial charge in [0.15, 0.2) is 0 Å². The normalized spacial score (nSPS) is 10.6. The third-order valence-corrected chi connectivity index (χ3v) is 1.99. The molecule has 13 heavy (non-hydrogen) atoms. The quantitative estimate of drug-likeness (QED) is 0.721. The predicted octanol–water partition coefficient (Wildman–Crippen LogP) is 1.87. The van der Waals surface area contributed by atoms with Gasteiger partial charge in [-0.1, -0.05) is 12.1 Å². The maximum Gasteiger partial charge on any atom is 0.131 e. The molecule has 0 amide bonds. The number of benzene rings is 1. The lowest BCUT2D eigenvalue weighted by Crippen LogP contribution is -1.91. The number of fused-ring (bicyclic) bond motifs is 1. The Morgan fingerprint density at radius 2 is 2.08 bits per heavy atom. The summed E-state index contributed by atoms with van der Waals surface area (Å²) in [6.45, 7) is -0.166. The van der Waals surface area contributed by atoms with Crippen molar-refractivity contribution in [3.05, 3.63) is 42.0 Å². The van der Waals surface area contributed by atoms with Gasteiger partial charge in [0.1, 0.15) is 5.82 Å². The lowest BCUT2D eigenvalue weighted by atomic mass is 10.1. The van der Waals surface area contributed by atoms with Gasteiger partial charge in [-0.15, -0.1) is 0 Å². The summed E-state index contributed by atoms with van der Waals surface area (Å²) in [6, 6.07) is 6.35. The van der Waals surface area contributed by atoms with Gasteiger partial charge in [0.05, 0.1) is 12.3 Å². The molecule has 0 aliphatic rings. The molecule has 2 nitrogen and oxygen atoms in total. The Kier molecular flexibility index (Phi) is 1.94. The van der Waals surface area contributed by atoms with Crippen LogP contribution in [0.25, 0.3) is 10.8 Å². The molecule has 66 valence electrons. The van der Waals surface area contributed by atoms with Gasteiger partial charge in [0.25, 0.3) is 0 Å². The molecule has 0 fully saturated rings. The third-order valence-electron chi connectivity index (χ3n) is 1.99. The molecule has 1 heterocycles. The zero-order valence-corrected chi connectivity index (χ0v) is 6.87. The molecule has 1 aromatic carbocycles. The molecular formula is C10H8FNO. The van der Waals surface area contributed by atoms with E-state index in [-0.39, 0.29) is 12.4 Å². The number of hydrogen-bond acceptors (Lipinski definition) is 2. The lowest BCUT2D eigenvalue weighted by Gasteiger charge is -2.02. The molecule has 0 bridgehead atoms. The Hall–Kier alpha value is -1.48. The van der Waals surface area contributed by atoms with Gasteiger partial charge in [-0.2, -0.15) is 0 Å². The van der Waals surface area contributed by atoms with Crippen molar-refractivity contribution in [2.45, 2.75) is 6.61 Å². The zero-order valence-electron chi connectivity index (χ0n) is 6.87. The Balaban J connectivity index is 2.84. The Bertz CT molecular complexity index is 442. The number of halogens is 1. The second-order valence-electron chi connectivity index (χ2n) is 2.75. The summed E-state index contributed by atoms with van der Waals surface area (Å²) in [6.07, 6.45) is 1.50.